The first kappa shape index (κ1) is 13.3. The first-order valence-electron chi connectivity index (χ1n) is 6.63. The van der Waals surface area contributed by atoms with Gasteiger partial charge in [0.2, 0.25) is 0 Å². The summed E-state index contributed by atoms with van der Waals surface area (Å²) in [7, 11) is 0. The third kappa shape index (κ3) is 4.00. The summed E-state index contributed by atoms with van der Waals surface area (Å²) in [6.45, 7) is 11.4. The van der Waals surface area contributed by atoms with E-state index in [1.807, 2.05) is 0 Å². The number of aryl methyl sites for hydroxylation is 1. The molecule has 0 atom stereocenters. The monoisotopic (exact) mass is 218 g/mol. The van der Waals surface area contributed by atoms with Crippen LogP contribution in [0.4, 0.5) is 0 Å². The fourth-order valence-electron chi connectivity index (χ4n) is 2.25. The molecule has 0 aliphatic rings. The summed E-state index contributed by atoms with van der Waals surface area (Å²) in [6, 6.07) is 7.07. The molecule has 0 amide bonds. The SMILES string of the molecule is CCc1ccc(CC(C)C)cc1CC(C)C. The molecule has 1 aromatic carbocycles. The highest BCUT2D eigenvalue weighted by atomic mass is 14.1. The van der Waals surface area contributed by atoms with Gasteiger partial charge in [-0.1, -0.05) is 52.8 Å². The van der Waals surface area contributed by atoms with Crippen LogP contribution in [0.25, 0.3) is 0 Å². The fraction of sp³-hybridized carbons (Fsp3) is 0.625. The average molecular weight is 218 g/mol. The molecular weight excluding hydrogens is 192 g/mol. The molecule has 1 rings (SSSR count). The Morgan fingerprint density at radius 2 is 1.50 bits per heavy atom. The fourth-order valence-corrected chi connectivity index (χ4v) is 2.25. The lowest BCUT2D eigenvalue weighted by atomic mass is 9.92. The Hall–Kier alpha value is -0.780. The van der Waals surface area contributed by atoms with Gasteiger partial charge in [0.15, 0.2) is 0 Å². The predicted octanol–water partition coefficient (Wildman–Crippen LogP) is 4.65. The Labute approximate surface area is 101 Å². The molecule has 0 bridgehead atoms. The van der Waals surface area contributed by atoms with Crippen molar-refractivity contribution in [3.05, 3.63) is 34.9 Å². The molecule has 0 spiro atoms. The quantitative estimate of drug-likeness (QED) is 0.675. The molecule has 0 aliphatic carbocycles. The van der Waals surface area contributed by atoms with Crippen molar-refractivity contribution in [2.24, 2.45) is 11.8 Å². The van der Waals surface area contributed by atoms with Gasteiger partial charge < -0.3 is 0 Å². The van der Waals surface area contributed by atoms with Crippen LogP contribution in [0.3, 0.4) is 0 Å². The molecule has 0 unspecified atom stereocenters. The maximum atomic E-state index is 2.43. The smallest absolute Gasteiger partial charge is 0.0253 e. The summed E-state index contributed by atoms with van der Waals surface area (Å²) in [4.78, 5) is 0. The second-order valence-corrected chi connectivity index (χ2v) is 5.65. The van der Waals surface area contributed by atoms with Crippen LogP contribution in [0.5, 0.6) is 0 Å². The maximum absolute atomic E-state index is 2.43. The number of hydrogen-bond donors (Lipinski definition) is 0. The van der Waals surface area contributed by atoms with E-state index in [0.29, 0.717) is 0 Å². The maximum Gasteiger partial charge on any atom is -0.0253 e. The van der Waals surface area contributed by atoms with E-state index < -0.39 is 0 Å². The molecule has 0 radical (unpaired) electrons. The minimum absolute atomic E-state index is 0.749. The van der Waals surface area contributed by atoms with Gasteiger partial charge in [0.05, 0.1) is 0 Å². The third-order valence-electron chi connectivity index (χ3n) is 2.92. The molecule has 0 heterocycles. The molecule has 0 heteroatoms. The van der Waals surface area contributed by atoms with Crippen molar-refractivity contribution in [2.45, 2.75) is 53.9 Å². The zero-order valence-corrected chi connectivity index (χ0v) is 11.5. The van der Waals surface area contributed by atoms with Crippen molar-refractivity contribution >= 4 is 0 Å². The first-order chi connectivity index (χ1) is 7.52. The Morgan fingerprint density at radius 3 is 2.00 bits per heavy atom. The molecule has 16 heavy (non-hydrogen) atoms. The number of rotatable bonds is 5. The molecule has 1 aromatic rings. The Morgan fingerprint density at radius 1 is 0.875 bits per heavy atom. The Bertz CT molecular complexity index is 321. The number of benzene rings is 1. The van der Waals surface area contributed by atoms with Crippen LogP contribution in [-0.2, 0) is 19.3 Å². The summed E-state index contributed by atoms with van der Waals surface area (Å²) in [6.07, 6.45) is 3.58. The molecule has 0 saturated carbocycles. The van der Waals surface area contributed by atoms with Crippen molar-refractivity contribution < 1.29 is 0 Å². The van der Waals surface area contributed by atoms with E-state index in [4.69, 9.17) is 0 Å². The van der Waals surface area contributed by atoms with Crippen LogP contribution in [0.1, 0.15) is 51.3 Å². The minimum atomic E-state index is 0.749. The lowest BCUT2D eigenvalue weighted by Gasteiger charge is -2.13. The second-order valence-electron chi connectivity index (χ2n) is 5.65. The highest BCUT2D eigenvalue weighted by Crippen LogP contribution is 2.19. The summed E-state index contributed by atoms with van der Waals surface area (Å²) in [5, 5.41) is 0. The van der Waals surface area contributed by atoms with Gasteiger partial charge in [-0.25, -0.2) is 0 Å². The summed E-state index contributed by atoms with van der Waals surface area (Å²) in [5.74, 6) is 1.50. The van der Waals surface area contributed by atoms with Crippen LogP contribution in [-0.4, -0.2) is 0 Å². The van der Waals surface area contributed by atoms with Gasteiger partial charge in [0.25, 0.3) is 0 Å². The minimum Gasteiger partial charge on any atom is -0.0625 e. The van der Waals surface area contributed by atoms with E-state index in [9.17, 15) is 0 Å². The normalized spacial score (nSPS) is 11.4. The third-order valence-corrected chi connectivity index (χ3v) is 2.92. The van der Waals surface area contributed by atoms with Crippen LogP contribution in [0, 0.1) is 11.8 Å². The van der Waals surface area contributed by atoms with E-state index in [1.54, 1.807) is 5.56 Å². The van der Waals surface area contributed by atoms with Crippen LogP contribution < -0.4 is 0 Å². The molecular formula is C16H26. The van der Waals surface area contributed by atoms with Gasteiger partial charge in [0.1, 0.15) is 0 Å². The molecule has 0 aromatic heterocycles. The largest absolute Gasteiger partial charge is 0.0625 e. The van der Waals surface area contributed by atoms with Crippen LogP contribution >= 0.6 is 0 Å². The first-order valence-corrected chi connectivity index (χ1v) is 6.63. The zero-order chi connectivity index (χ0) is 12.1. The van der Waals surface area contributed by atoms with Crippen LogP contribution in [0.15, 0.2) is 18.2 Å². The van der Waals surface area contributed by atoms with E-state index >= 15 is 0 Å². The van der Waals surface area contributed by atoms with Crippen molar-refractivity contribution in [3.8, 4) is 0 Å². The van der Waals surface area contributed by atoms with Crippen molar-refractivity contribution in [2.75, 3.05) is 0 Å². The van der Waals surface area contributed by atoms with Gasteiger partial charge in [-0.3, -0.25) is 0 Å². The van der Waals surface area contributed by atoms with E-state index in [0.717, 1.165) is 18.3 Å². The van der Waals surface area contributed by atoms with E-state index in [2.05, 4.69) is 52.8 Å². The highest BCUT2D eigenvalue weighted by molar-refractivity contribution is 5.32. The van der Waals surface area contributed by atoms with Crippen LogP contribution in [0.2, 0.25) is 0 Å². The highest BCUT2D eigenvalue weighted by Gasteiger charge is 2.06. The zero-order valence-electron chi connectivity index (χ0n) is 11.5. The molecule has 0 aliphatic heterocycles. The lowest BCUT2D eigenvalue weighted by Crippen LogP contribution is -2.02. The second kappa shape index (κ2) is 6.08. The molecule has 0 fully saturated rings. The average Bonchev–Trinajstić information content (AvgIpc) is 2.16. The molecule has 0 N–H and O–H groups in total. The van der Waals surface area contributed by atoms with Gasteiger partial charge in [-0.2, -0.15) is 0 Å². The standard InChI is InChI=1S/C16H26/c1-6-15-8-7-14(9-12(2)3)11-16(15)10-13(4)5/h7-8,11-13H,6,9-10H2,1-5H3. The van der Waals surface area contributed by atoms with Gasteiger partial charge in [-0.05, 0) is 47.8 Å². The Balaban J connectivity index is 2.91. The molecule has 0 nitrogen and oxygen atoms in total. The Kier molecular flexibility index (Phi) is 5.05. The summed E-state index contributed by atoms with van der Waals surface area (Å²) >= 11 is 0. The molecule has 90 valence electrons. The van der Waals surface area contributed by atoms with Gasteiger partial charge in [0, 0.05) is 0 Å². The summed E-state index contributed by atoms with van der Waals surface area (Å²) in [5.41, 5.74) is 4.60. The molecule has 0 saturated heterocycles. The topological polar surface area (TPSA) is 0 Å². The van der Waals surface area contributed by atoms with Crippen molar-refractivity contribution in [1.82, 2.24) is 0 Å². The predicted molar refractivity (Wildman–Crippen MR) is 72.9 cm³/mol. The van der Waals surface area contributed by atoms with Gasteiger partial charge >= 0.3 is 0 Å². The summed E-state index contributed by atoms with van der Waals surface area (Å²) < 4.78 is 0. The van der Waals surface area contributed by atoms with E-state index in [-0.39, 0.29) is 0 Å². The van der Waals surface area contributed by atoms with Gasteiger partial charge in [-0.15, -0.1) is 0 Å². The van der Waals surface area contributed by atoms with Crippen molar-refractivity contribution in [1.29, 1.82) is 0 Å². The van der Waals surface area contributed by atoms with Crippen molar-refractivity contribution in [3.63, 3.8) is 0 Å². The van der Waals surface area contributed by atoms with E-state index in [1.165, 1.54) is 24.0 Å². The lowest BCUT2D eigenvalue weighted by molar-refractivity contribution is 0.633. The number of hydrogen-bond acceptors (Lipinski definition) is 0.